The van der Waals surface area contributed by atoms with Crippen LogP contribution >= 0.6 is 11.8 Å². The second kappa shape index (κ2) is 8.06. The number of hydrogen-bond acceptors (Lipinski definition) is 6. The standard InChI is InChI=1S/C21H16N4O2S/c26-19-12-10-18(11-13-19)25-21(22-23-24-25)28-14-20(27)17-8-6-16(7-9-17)15-4-2-1-3-5-15/h1-13,26H,14H2. The molecule has 7 heteroatoms. The highest BCUT2D eigenvalue weighted by molar-refractivity contribution is 7.99. The zero-order chi connectivity index (χ0) is 19.3. The summed E-state index contributed by atoms with van der Waals surface area (Å²) in [5, 5.41) is 21.5. The Kier molecular flexibility index (Phi) is 5.16. The molecule has 0 spiro atoms. The van der Waals surface area contributed by atoms with Gasteiger partial charge < -0.3 is 5.11 Å². The molecule has 0 fully saturated rings. The molecule has 6 nitrogen and oxygen atoms in total. The quantitative estimate of drug-likeness (QED) is 0.397. The molecule has 0 unspecified atom stereocenters. The smallest absolute Gasteiger partial charge is 0.214 e. The summed E-state index contributed by atoms with van der Waals surface area (Å²) in [6.07, 6.45) is 0. The monoisotopic (exact) mass is 388 g/mol. The van der Waals surface area contributed by atoms with Crippen LogP contribution in [0.5, 0.6) is 5.75 Å². The molecule has 0 saturated carbocycles. The molecule has 3 aromatic carbocycles. The van der Waals surface area contributed by atoms with Gasteiger partial charge in [0.25, 0.3) is 0 Å². The Bertz CT molecular complexity index is 1080. The third kappa shape index (κ3) is 3.94. The van der Waals surface area contributed by atoms with Crippen LogP contribution in [0.3, 0.4) is 0 Å². The number of carbonyl (C=O) groups is 1. The molecule has 1 aromatic heterocycles. The summed E-state index contributed by atoms with van der Waals surface area (Å²) >= 11 is 1.27. The molecule has 0 saturated heterocycles. The first-order valence-corrected chi connectivity index (χ1v) is 9.58. The number of rotatable bonds is 6. The van der Waals surface area contributed by atoms with Gasteiger partial charge in [0.1, 0.15) is 5.75 Å². The average molecular weight is 388 g/mol. The van der Waals surface area contributed by atoms with Crippen LogP contribution in [0.1, 0.15) is 10.4 Å². The molecule has 0 aliphatic heterocycles. The summed E-state index contributed by atoms with van der Waals surface area (Å²) in [5.41, 5.74) is 3.55. The average Bonchev–Trinajstić information content (AvgIpc) is 3.22. The molecule has 1 N–H and O–H groups in total. The summed E-state index contributed by atoms with van der Waals surface area (Å²) in [5.74, 6) is 0.397. The second-order valence-electron chi connectivity index (χ2n) is 6.04. The Morgan fingerprint density at radius 1 is 0.893 bits per heavy atom. The van der Waals surface area contributed by atoms with E-state index in [1.54, 1.807) is 24.3 Å². The molecule has 4 aromatic rings. The van der Waals surface area contributed by atoms with Crippen molar-refractivity contribution < 1.29 is 9.90 Å². The lowest BCUT2D eigenvalue weighted by molar-refractivity contribution is 0.102. The van der Waals surface area contributed by atoms with E-state index in [1.165, 1.54) is 16.4 Å². The Labute approximate surface area is 165 Å². The van der Waals surface area contributed by atoms with Gasteiger partial charge in [0.2, 0.25) is 5.16 Å². The van der Waals surface area contributed by atoms with Crippen molar-refractivity contribution in [3.63, 3.8) is 0 Å². The van der Waals surface area contributed by atoms with Crippen molar-refractivity contribution in [2.75, 3.05) is 5.75 Å². The molecule has 0 aliphatic rings. The van der Waals surface area contributed by atoms with Crippen molar-refractivity contribution in [3.05, 3.63) is 84.4 Å². The van der Waals surface area contributed by atoms with E-state index >= 15 is 0 Å². The molecule has 4 rings (SSSR count). The highest BCUT2D eigenvalue weighted by Crippen LogP contribution is 2.23. The molecule has 28 heavy (non-hydrogen) atoms. The van der Waals surface area contributed by atoms with Crippen molar-refractivity contribution in [3.8, 4) is 22.6 Å². The van der Waals surface area contributed by atoms with Gasteiger partial charge in [-0.15, -0.1) is 5.10 Å². The predicted octanol–water partition coefficient (Wildman–Crippen LogP) is 4.01. The first-order chi connectivity index (χ1) is 13.7. The van der Waals surface area contributed by atoms with Crippen molar-refractivity contribution in [2.24, 2.45) is 0 Å². The number of hydrogen-bond donors (Lipinski definition) is 1. The number of benzene rings is 3. The summed E-state index contributed by atoms with van der Waals surface area (Å²) in [6.45, 7) is 0. The van der Waals surface area contributed by atoms with Crippen molar-refractivity contribution >= 4 is 17.5 Å². The number of phenols is 1. The van der Waals surface area contributed by atoms with Crippen LogP contribution in [-0.4, -0.2) is 36.8 Å². The molecule has 1 heterocycles. The maximum absolute atomic E-state index is 12.5. The SMILES string of the molecule is O=C(CSc1nnnn1-c1ccc(O)cc1)c1ccc(-c2ccccc2)cc1. The number of tetrazole rings is 1. The lowest BCUT2D eigenvalue weighted by atomic mass is 10.0. The number of phenolic OH excluding ortho intramolecular Hbond substituents is 1. The molecular formula is C21H16N4O2S. The minimum Gasteiger partial charge on any atom is -0.508 e. The van der Waals surface area contributed by atoms with Crippen molar-refractivity contribution in [2.45, 2.75) is 5.16 Å². The summed E-state index contributed by atoms with van der Waals surface area (Å²) in [6, 6.07) is 24.2. The van der Waals surface area contributed by atoms with Crippen LogP contribution in [0.4, 0.5) is 0 Å². The van der Waals surface area contributed by atoms with E-state index in [2.05, 4.69) is 15.5 Å². The third-order valence-corrected chi connectivity index (χ3v) is 5.10. The van der Waals surface area contributed by atoms with Crippen molar-refractivity contribution in [1.29, 1.82) is 0 Å². The maximum Gasteiger partial charge on any atom is 0.214 e. The number of nitrogens with zero attached hydrogens (tertiary/aromatic N) is 4. The van der Waals surface area contributed by atoms with E-state index in [9.17, 15) is 9.90 Å². The minimum atomic E-state index is 0.00451. The summed E-state index contributed by atoms with van der Waals surface area (Å²) < 4.78 is 1.54. The lowest BCUT2D eigenvalue weighted by Crippen LogP contribution is -2.05. The Hall–Kier alpha value is -3.45. The second-order valence-corrected chi connectivity index (χ2v) is 6.99. The van der Waals surface area contributed by atoms with E-state index in [-0.39, 0.29) is 17.3 Å². The van der Waals surface area contributed by atoms with Crippen LogP contribution in [0, 0.1) is 0 Å². The highest BCUT2D eigenvalue weighted by atomic mass is 32.2. The van der Waals surface area contributed by atoms with Gasteiger partial charge >= 0.3 is 0 Å². The van der Waals surface area contributed by atoms with Gasteiger partial charge in [-0.05, 0) is 45.8 Å². The first-order valence-electron chi connectivity index (χ1n) is 8.60. The van der Waals surface area contributed by atoms with E-state index in [0.29, 0.717) is 16.4 Å². The Morgan fingerprint density at radius 2 is 1.57 bits per heavy atom. The molecule has 0 bridgehead atoms. The number of aromatic hydroxyl groups is 1. The number of aromatic nitrogens is 4. The fourth-order valence-electron chi connectivity index (χ4n) is 2.72. The molecule has 0 aliphatic carbocycles. The number of carbonyl (C=O) groups excluding carboxylic acids is 1. The zero-order valence-electron chi connectivity index (χ0n) is 14.8. The van der Waals surface area contributed by atoms with Gasteiger partial charge in [-0.25, -0.2) is 0 Å². The van der Waals surface area contributed by atoms with Gasteiger partial charge in [-0.1, -0.05) is 66.4 Å². The highest BCUT2D eigenvalue weighted by Gasteiger charge is 2.13. The van der Waals surface area contributed by atoms with Gasteiger partial charge in [0.05, 0.1) is 11.4 Å². The predicted molar refractivity (Wildman–Crippen MR) is 108 cm³/mol. The van der Waals surface area contributed by atoms with E-state index in [0.717, 1.165) is 11.1 Å². The molecule has 0 amide bonds. The Balaban J connectivity index is 1.44. The van der Waals surface area contributed by atoms with Crippen LogP contribution in [0.25, 0.3) is 16.8 Å². The summed E-state index contributed by atoms with van der Waals surface area (Å²) in [4.78, 5) is 12.5. The number of thioether (sulfide) groups is 1. The number of Topliss-reactive ketones (excluding diaryl/α,β-unsaturated/α-hetero) is 1. The fourth-order valence-corrected chi connectivity index (χ4v) is 3.50. The van der Waals surface area contributed by atoms with E-state index in [1.807, 2.05) is 54.6 Å². The lowest BCUT2D eigenvalue weighted by Gasteiger charge is -2.05. The minimum absolute atomic E-state index is 0.00451. The normalized spacial score (nSPS) is 10.7. The van der Waals surface area contributed by atoms with Crippen LogP contribution in [0.2, 0.25) is 0 Å². The molecular weight excluding hydrogens is 372 g/mol. The number of ketones is 1. The Morgan fingerprint density at radius 3 is 2.29 bits per heavy atom. The third-order valence-electron chi connectivity index (χ3n) is 4.18. The van der Waals surface area contributed by atoms with E-state index in [4.69, 9.17) is 0 Å². The van der Waals surface area contributed by atoms with E-state index < -0.39 is 0 Å². The summed E-state index contributed by atoms with van der Waals surface area (Å²) in [7, 11) is 0. The van der Waals surface area contributed by atoms with Crippen molar-refractivity contribution in [1.82, 2.24) is 20.2 Å². The molecule has 138 valence electrons. The molecule has 0 radical (unpaired) electrons. The van der Waals surface area contributed by atoms with Gasteiger partial charge in [-0.2, -0.15) is 4.68 Å². The van der Waals surface area contributed by atoms with Crippen LogP contribution < -0.4 is 0 Å². The maximum atomic E-state index is 12.5. The van der Waals surface area contributed by atoms with Crippen LogP contribution in [0.15, 0.2) is 84.0 Å². The zero-order valence-corrected chi connectivity index (χ0v) is 15.6. The largest absolute Gasteiger partial charge is 0.508 e. The first kappa shape index (κ1) is 17.9. The topological polar surface area (TPSA) is 80.9 Å². The van der Waals surface area contributed by atoms with Gasteiger partial charge in [0, 0.05) is 5.56 Å². The van der Waals surface area contributed by atoms with Gasteiger partial charge in [0.15, 0.2) is 5.78 Å². The fraction of sp³-hybridized carbons (Fsp3) is 0.0476. The van der Waals surface area contributed by atoms with Crippen LogP contribution in [-0.2, 0) is 0 Å². The van der Waals surface area contributed by atoms with Gasteiger partial charge in [-0.3, -0.25) is 4.79 Å². The molecule has 0 atom stereocenters.